The third kappa shape index (κ3) is 5.64. The monoisotopic (exact) mass is 316 g/mol. The summed E-state index contributed by atoms with van der Waals surface area (Å²) < 4.78 is 5.67. The molecule has 0 aliphatic rings. The van der Waals surface area contributed by atoms with Crippen molar-refractivity contribution in [1.29, 1.82) is 0 Å². The molecule has 0 aliphatic heterocycles. The molecule has 0 atom stereocenters. The molecule has 120 valence electrons. The van der Waals surface area contributed by atoms with Gasteiger partial charge in [-0.05, 0) is 29.8 Å². The third-order valence-corrected chi connectivity index (χ3v) is 2.67. The van der Waals surface area contributed by atoms with Crippen LogP contribution in [0.4, 0.5) is 4.79 Å². The van der Waals surface area contributed by atoms with Crippen molar-refractivity contribution in [2.45, 2.75) is 0 Å². The topological polar surface area (TPSA) is 110 Å². The quantitative estimate of drug-likeness (QED) is 0.351. The standard InChI is InChI=1S/C15H16N4O4/c16-15(20)19(21)8-9-22-18-11-12-2-1-3-14(10-12)23-13-4-6-17-7-5-13/h1-7,10-11,21H,8-9H2,(H2,16,20)/b18-11+. The summed E-state index contributed by atoms with van der Waals surface area (Å²) in [6.07, 6.45) is 4.78. The normalized spacial score (nSPS) is 10.5. The minimum absolute atomic E-state index is 0.0170. The number of aromatic nitrogens is 1. The molecule has 1 aromatic heterocycles. The van der Waals surface area contributed by atoms with Crippen LogP contribution in [0.25, 0.3) is 0 Å². The smallest absolute Gasteiger partial charge is 0.338 e. The highest BCUT2D eigenvalue weighted by atomic mass is 16.6. The van der Waals surface area contributed by atoms with Gasteiger partial charge in [0, 0.05) is 12.4 Å². The molecule has 1 aromatic carbocycles. The van der Waals surface area contributed by atoms with Crippen molar-refractivity contribution in [3.05, 3.63) is 54.4 Å². The summed E-state index contributed by atoms with van der Waals surface area (Å²) in [5.41, 5.74) is 5.62. The maximum Gasteiger partial charge on any atom is 0.338 e. The van der Waals surface area contributed by atoms with Gasteiger partial charge in [0.25, 0.3) is 0 Å². The molecule has 0 aliphatic carbocycles. The molecular formula is C15H16N4O4. The largest absolute Gasteiger partial charge is 0.457 e. The number of ether oxygens (including phenoxy) is 1. The van der Waals surface area contributed by atoms with Gasteiger partial charge in [0.2, 0.25) is 0 Å². The summed E-state index contributed by atoms with van der Waals surface area (Å²) in [6.45, 7) is -0.0546. The van der Waals surface area contributed by atoms with E-state index in [9.17, 15) is 4.79 Å². The van der Waals surface area contributed by atoms with E-state index in [-0.39, 0.29) is 13.2 Å². The summed E-state index contributed by atoms with van der Waals surface area (Å²) >= 11 is 0. The second-order valence-electron chi connectivity index (χ2n) is 4.39. The van der Waals surface area contributed by atoms with Crippen molar-refractivity contribution >= 4 is 12.2 Å². The number of rotatable bonds is 7. The number of benzene rings is 1. The van der Waals surface area contributed by atoms with Gasteiger partial charge >= 0.3 is 6.03 Å². The maximum atomic E-state index is 10.6. The highest BCUT2D eigenvalue weighted by Crippen LogP contribution is 2.20. The van der Waals surface area contributed by atoms with Crippen molar-refractivity contribution in [3.63, 3.8) is 0 Å². The third-order valence-electron chi connectivity index (χ3n) is 2.67. The zero-order chi connectivity index (χ0) is 16.5. The first-order valence-electron chi connectivity index (χ1n) is 6.74. The first-order valence-corrected chi connectivity index (χ1v) is 6.74. The predicted octanol–water partition coefficient (Wildman–Crippen LogP) is 1.99. The number of urea groups is 1. The molecule has 23 heavy (non-hydrogen) atoms. The molecule has 0 saturated carbocycles. The first kappa shape index (κ1) is 16.2. The summed E-state index contributed by atoms with van der Waals surface area (Å²) in [7, 11) is 0. The van der Waals surface area contributed by atoms with E-state index in [0.717, 1.165) is 5.56 Å². The number of hydrogen-bond donors (Lipinski definition) is 2. The fourth-order valence-corrected chi connectivity index (χ4v) is 1.59. The summed E-state index contributed by atoms with van der Waals surface area (Å²) in [5, 5.41) is 13.1. The summed E-state index contributed by atoms with van der Waals surface area (Å²) in [6, 6.07) is 9.81. The number of nitrogens with zero attached hydrogens (tertiary/aromatic N) is 3. The Morgan fingerprint density at radius 1 is 1.30 bits per heavy atom. The highest BCUT2D eigenvalue weighted by molar-refractivity contribution is 5.79. The molecule has 2 amide bonds. The molecule has 0 unspecified atom stereocenters. The van der Waals surface area contributed by atoms with Crippen LogP contribution in [0.1, 0.15) is 5.56 Å². The molecule has 0 saturated heterocycles. The molecule has 3 N–H and O–H groups in total. The average molecular weight is 316 g/mol. The Morgan fingerprint density at radius 2 is 2.09 bits per heavy atom. The lowest BCUT2D eigenvalue weighted by Gasteiger charge is -2.09. The molecule has 0 spiro atoms. The number of amides is 2. The van der Waals surface area contributed by atoms with Crippen LogP contribution in [-0.2, 0) is 4.84 Å². The van der Waals surface area contributed by atoms with Crippen molar-refractivity contribution in [1.82, 2.24) is 10.0 Å². The molecule has 2 rings (SSSR count). The Labute approximate surface area is 132 Å². The van der Waals surface area contributed by atoms with Gasteiger partial charge in [0.15, 0.2) is 0 Å². The van der Waals surface area contributed by atoms with E-state index in [0.29, 0.717) is 16.6 Å². The molecule has 8 heteroatoms. The van der Waals surface area contributed by atoms with Crippen molar-refractivity contribution in [2.24, 2.45) is 10.9 Å². The molecule has 1 heterocycles. The van der Waals surface area contributed by atoms with Crippen LogP contribution >= 0.6 is 0 Å². The lowest BCUT2D eigenvalue weighted by atomic mass is 10.2. The molecule has 0 bridgehead atoms. The van der Waals surface area contributed by atoms with Gasteiger partial charge in [0.05, 0.1) is 12.8 Å². The number of nitrogens with two attached hydrogens (primary N) is 1. The lowest BCUT2D eigenvalue weighted by molar-refractivity contribution is -0.0559. The summed E-state index contributed by atoms with van der Waals surface area (Å²) in [4.78, 5) is 19.4. The van der Waals surface area contributed by atoms with Gasteiger partial charge in [-0.25, -0.2) is 9.86 Å². The first-order chi connectivity index (χ1) is 11.1. The molecule has 0 fully saturated rings. The maximum absolute atomic E-state index is 10.6. The number of pyridine rings is 1. The fourth-order valence-electron chi connectivity index (χ4n) is 1.59. The van der Waals surface area contributed by atoms with E-state index in [1.807, 2.05) is 18.2 Å². The Bertz CT molecular complexity index is 664. The van der Waals surface area contributed by atoms with Crippen LogP contribution < -0.4 is 10.5 Å². The van der Waals surface area contributed by atoms with E-state index < -0.39 is 6.03 Å². The van der Waals surface area contributed by atoms with Crippen LogP contribution in [-0.4, -0.2) is 40.7 Å². The molecule has 8 nitrogen and oxygen atoms in total. The second-order valence-corrected chi connectivity index (χ2v) is 4.39. The van der Waals surface area contributed by atoms with Gasteiger partial charge < -0.3 is 15.3 Å². The predicted molar refractivity (Wildman–Crippen MR) is 82.4 cm³/mol. The van der Waals surface area contributed by atoms with Crippen molar-refractivity contribution in [2.75, 3.05) is 13.2 Å². The second kappa shape index (κ2) is 8.35. The zero-order valence-electron chi connectivity index (χ0n) is 12.2. The molecule has 2 aromatic rings. The zero-order valence-corrected chi connectivity index (χ0v) is 12.2. The van der Waals surface area contributed by atoms with Crippen LogP contribution in [0.3, 0.4) is 0 Å². The minimum atomic E-state index is -0.946. The summed E-state index contributed by atoms with van der Waals surface area (Å²) in [5.74, 6) is 1.33. The van der Waals surface area contributed by atoms with Gasteiger partial charge in [-0.15, -0.1) is 0 Å². The number of hydroxylamine groups is 2. The highest BCUT2D eigenvalue weighted by Gasteiger charge is 2.04. The number of primary amides is 1. The van der Waals surface area contributed by atoms with E-state index >= 15 is 0 Å². The van der Waals surface area contributed by atoms with Crippen molar-refractivity contribution < 1.29 is 19.6 Å². The van der Waals surface area contributed by atoms with Gasteiger partial charge in [-0.1, -0.05) is 17.3 Å². The van der Waals surface area contributed by atoms with E-state index in [1.54, 1.807) is 30.6 Å². The van der Waals surface area contributed by atoms with Crippen LogP contribution in [0.5, 0.6) is 11.5 Å². The van der Waals surface area contributed by atoms with Crippen LogP contribution in [0, 0.1) is 0 Å². The Hall–Kier alpha value is -3.13. The minimum Gasteiger partial charge on any atom is -0.457 e. The Morgan fingerprint density at radius 3 is 2.83 bits per heavy atom. The molecule has 0 radical (unpaired) electrons. The van der Waals surface area contributed by atoms with Gasteiger partial charge in [0.1, 0.15) is 18.1 Å². The van der Waals surface area contributed by atoms with E-state index in [4.69, 9.17) is 20.5 Å². The van der Waals surface area contributed by atoms with Gasteiger partial charge in [-0.3, -0.25) is 10.2 Å². The van der Waals surface area contributed by atoms with E-state index in [2.05, 4.69) is 10.1 Å². The number of hydrogen-bond acceptors (Lipinski definition) is 6. The van der Waals surface area contributed by atoms with Crippen molar-refractivity contribution in [3.8, 4) is 11.5 Å². The average Bonchev–Trinajstić information content (AvgIpc) is 2.55. The van der Waals surface area contributed by atoms with Crippen LogP contribution in [0.2, 0.25) is 0 Å². The Balaban J connectivity index is 1.85. The van der Waals surface area contributed by atoms with Crippen LogP contribution in [0.15, 0.2) is 53.9 Å². The molecular weight excluding hydrogens is 300 g/mol. The number of carbonyl (C=O) groups excluding carboxylic acids is 1. The fraction of sp³-hybridized carbons (Fsp3) is 0.133. The number of oxime groups is 1. The lowest BCUT2D eigenvalue weighted by Crippen LogP contribution is -2.34. The number of carbonyl (C=O) groups is 1. The van der Waals surface area contributed by atoms with E-state index in [1.165, 1.54) is 6.21 Å². The van der Waals surface area contributed by atoms with Gasteiger partial charge in [-0.2, -0.15) is 0 Å². The Kier molecular flexibility index (Phi) is 5.89. The SMILES string of the molecule is NC(=O)N(O)CCO/N=C/c1cccc(Oc2ccncc2)c1.